The molecule has 1 atom stereocenters. The molecule has 1 heterocycles. The van der Waals surface area contributed by atoms with Crippen molar-refractivity contribution in [2.45, 2.75) is 12.5 Å². The number of likely N-dealkylation sites (tertiary alicyclic amines) is 1. The van der Waals surface area contributed by atoms with E-state index in [9.17, 15) is 9.59 Å². The van der Waals surface area contributed by atoms with Gasteiger partial charge in [-0.25, -0.2) is 4.79 Å². The van der Waals surface area contributed by atoms with E-state index in [1.165, 1.54) is 18.1 Å². The maximum Gasteiger partial charge on any atom is 0.342 e. The third-order valence-corrected chi connectivity index (χ3v) is 3.07. The molecule has 1 aromatic carbocycles. The summed E-state index contributed by atoms with van der Waals surface area (Å²) in [6, 6.07) is 4.65. The van der Waals surface area contributed by atoms with Gasteiger partial charge in [-0.05, 0) is 12.1 Å². The van der Waals surface area contributed by atoms with Gasteiger partial charge in [-0.2, -0.15) is 0 Å². The van der Waals surface area contributed by atoms with Gasteiger partial charge < -0.3 is 20.1 Å². The summed E-state index contributed by atoms with van der Waals surface area (Å²) in [7, 11) is 3.13. The first-order chi connectivity index (χ1) is 9.02. The quantitative estimate of drug-likeness (QED) is 0.640. The maximum atomic E-state index is 12.0. The summed E-state index contributed by atoms with van der Waals surface area (Å²) < 4.78 is 10.3. The highest BCUT2D eigenvalue weighted by molar-refractivity contribution is 5.95. The second kappa shape index (κ2) is 5.17. The summed E-state index contributed by atoms with van der Waals surface area (Å²) in [5.74, 6) is -0.419. The molecule has 19 heavy (non-hydrogen) atoms. The molecule has 0 radical (unpaired) electrons. The first-order valence-electron chi connectivity index (χ1n) is 5.92. The molecule has 2 rings (SSSR count). The zero-order valence-corrected chi connectivity index (χ0v) is 10.9. The van der Waals surface area contributed by atoms with E-state index in [4.69, 9.17) is 15.2 Å². The summed E-state index contributed by atoms with van der Waals surface area (Å²) >= 11 is 0. The van der Waals surface area contributed by atoms with Crippen molar-refractivity contribution in [3.05, 3.63) is 23.8 Å². The van der Waals surface area contributed by atoms with E-state index >= 15 is 0 Å². The smallest absolute Gasteiger partial charge is 0.342 e. The molecule has 2 N–H and O–H groups in total. The van der Waals surface area contributed by atoms with E-state index in [-0.39, 0.29) is 11.5 Å². The summed E-state index contributed by atoms with van der Waals surface area (Å²) in [4.78, 5) is 25.2. The Kier molecular flexibility index (Phi) is 3.59. The molecule has 102 valence electrons. The molecular weight excluding hydrogens is 248 g/mol. The fourth-order valence-electron chi connectivity index (χ4n) is 1.97. The molecule has 1 aliphatic heterocycles. The fourth-order valence-corrected chi connectivity index (χ4v) is 1.97. The summed E-state index contributed by atoms with van der Waals surface area (Å²) in [5, 5.41) is 0. The molecule has 1 aliphatic rings. The SMILES string of the molecule is COc1cc(N)ccc1C(=O)OC1CCN(C)C1=O. The number of methoxy groups -OCH3 is 1. The molecular formula is C13H16N2O4. The summed E-state index contributed by atoms with van der Waals surface area (Å²) in [6.45, 7) is 0.593. The highest BCUT2D eigenvalue weighted by Gasteiger charge is 2.33. The van der Waals surface area contributed by atoms with Crippen LogP contribution >= 0.6 is 0 Å². The second-order valence-corrected chi connectivity index (χ2v) is 4.40. The number of amides is 1. The third-order valence-electron chi connectivity index (χ3n) is 3.07. The largest absolute Gasteiger partial charge is 0.496 e. The van der Waals surface area contributed by atoms with Crippen LogP contribution in [0.4, 0.5) is 5.69 Å². The first-order valence-corrected chi connectivity index (χ1v) is 5.92. The number of esters is 1. The minimum atomic E-state index is -0.709. The molecule has 6 nitrogen and oxygen atoms in total. The number of anilines is 1. The average Bonchev–Trinajstić information content (AvgIpc) is 2.70. The number of hydrogen-bond donors (Lipinski definition) is 1. The Morgan fingerprint density at radius 2 is 2.21 bits per heavy atom. The molecule has 1 fully saturated rings. The number of carbonyl (C=O) groups excluding carboxylic acids is 2. The van der Waals surface area contributed by atoms with Gasteiger partial charge in [0.25, 0.3) is 5.91 Å². The number of likely N-dealkylation sites (N-methyl/N-ethyl adjacent to an activating group) is 1. The maximum absolute atomic E-state index is 12.0. The van der Waals surface area contributed by atoms with Crippen molar-refractivity contribution in [3.63, 3.8) is 0 Å². The summed E-state index contributed by atoms with van der Waals surface area (Å²) in [6.07, 6.45) is -0.196. The lowest BCUT2D eigenvalue weighted by Crippen LogP contribution is -2.29. The topological polar surface area (TPSA) is 81.9 Å². The number of ether oxygens (including phenoxy) is 2. The Hall–Kier alpha value is -2.24. The van der Waals surface area contributed by atoms with Gasteiger partial charge in [0, 0.05) is 31.8 Å². The monoisotopic (exact) mass is 264 g/mol. The molecule has 0 spiro atoms. The van der Waals surface area contributed by atoms with Crippen LogP contribution < -0.4 is 10.5 Å². The molecule has 6 heteroatoms. The zero-order valence-electron chi connectivity index (χ0n) is 10.9. The lowest BCUT2D eigenvalue weighted by atomic mass is 10.2. The number of rotatable bonds is 3. The van der Waals surface area contributed by atoms with Crippen LogP contribution in [0.2, 0.25) is 0 Å². The highest BCUT2D eigenvalue weighted by atomic mass is 16.6. The third kappa shape index (κ3) is 2.62. The van der Waals surface area contributed by atoms with Crippen LogP contribution in [0.3, 0.4) is 0 Å². The molecule has 0 aliphatic carbocycles. The van der Waals surface area contributed by atoms with Gasteiger partial charge in [0.15, 0.2) is 6.10 Å². The van der Waals surface area contributed by atoms with Gasteiger partial charge in [0.2, 0.25) is 0 Å². The van der Waals surface area contributed by atoms with Crippen molar-refractivity contribution in [2.24, 2.45) is 0 Å². The van der Waals surface area contributed by atoms with E-state index in [0.29, 0.717) is 24.4 Å². The van der Waals surface area contributed by atoms with E-state index in [2.05, 4.69) is 0 Å². The Morgan fingerprint density at radius 1 is 1.47 bits per heavy atom. The molecule has 1 unspecified atom stereocenters. The van der Waals surface area contributed by atoms with Crippen molar-refractivity contribution < 1.29 is 19.1 Å². The van der Waals surface area contributed by atoms with E-state index in [0.717, 1.165) is 0 Å². The highest BCUT2D eigenvalue weighted by Crippen LogP contribution is 2.24. The number of nitrogens with two attached hydrogens (primary N) is 1. The van der Waals surface area contributed by atoms with Crippen LogP contribution in [0.25, 0.3) is 0 Å². The predicted octanol–water partition coefficient (Wildman–Crippen LogP) is 0.665. The normalized spacial score (nSPS) is 18.5. The minimum absolute atomic E-state index is 0.178. The van der Waals surface area contributed by atoms with Crippen LogP contribution in [-0.4, -0.2) is 43.6 Å². The van der Waals surface area contributed by atoms with Gasteiger partial charge in [0.1, 0.15) is 11.3 Å². The molecule has 0 bridgehead atoms. The minimum Gasteiger partial charge on any atom is -0.496 e. The molecule has 1 aromatic rings. The lowest BCUT2D eigenvalue weighted by Gasteiger charge is -2.13. The second-order valence-electron chi connectivity index (χ2n) is 4.40. The van der Waals surface area contributed by atoms with Gasteiger partial charge in [-0.1, -0.05) is 0 Å². The molecule has 1 saturated heterocycles. The standard InChI is InChI=1S/C13H16N2O4/c1-15-6-5-10(12(15)16)19-13(17)9-4-3-8(14)7-11(9)18-2/h3-4,7,10H,5-6,14H2,1-2H3. The zero-order chi connectivity index (χ0) is 14.0. The fraction of sp³-hybridized carbons (Fsp3) is 0.385. The summed E-state index contributed by atoms with van der Waals surface area (Å²) in [5.41, 5.74) is 6.37. The molecule has 0 saturated carbocycles. The van der Waals surface area contributed by atoms with Crippen molar-refractivity contribution in [3.8, 4) is 5.75 Å². The van der Waals surface area contributed by atoms with Crippen LogP contribution in [0.5, 0.6) is 5.75 Å². The van der Waals surface area contributed by atoms with E-state index in [1.54, 1.807) is 19.2 Å². The average molecular weight is 264 g/mol. The van der Waals surface area contributed by atoms with E-state index in [1.807, 2.05) is 0 Å². The van der Waals surface area contributed by atoms with Crippen molar-refractivity contribution in [1.29, 1.82) is 0 Å². The number of nitrogens with zero attached hydrogens (tertiary/aromatic N) is 1. The Bertz CT molecular complexity index is 515. The Morgan fingerprint density at radius 3 is 2.79 bits per heavy atom. The van der Waals surface area contributed by atoms with E-state index < -0.39 is 12.1 Å². The predicted molar refractivity (Wildman–Crippen MR) is 68.9 cm³/mol. The van der Waals surface area contributed by atoms with Crippen molar-refractivity contribution in [1.82, 2.24) is 4.90 Å². The first kappa shape index (κ1) is 13.2. The van der Waals surface area contributed by atoms with Crippen molar-refractivity contribution in [2.75, 3.05) is 26.4 Å². The van der Waals surface area contributed by atoms with Crippen LogP contribution in [-0.2, 0) is 9.53 Å². The number of carbonyl (C=O) groups is 2. The van der Waals surface area contributed by atoms with Gasteiger partial charge >= 0.3 is 5.97 Å². The van der Waals surface area contributed by atoms with Crippen LogP contribution in [0.1, 0.15) is 16.8 Å². The van der Waals surface area contributed by atoms with Crippen LogP contribution in [0, 0.1) is 0 Å². The van der Waals surface area contributed by atoms with Crippen LogP contribution in [0.15, 0.2) is 18.2 Å². The Balaban J connectivity index is 2.14. The van der Waals surface area contributed by atoms with Gasteiger partial charge in [-0.3, -0.25) is 4.79 Å². The Labute approximate surface area is 111 Å². The lowest BCUT2D eigenvalue weighted by molar-refractivity contribution is -0.133. The number of benzene rings is 1. The van der Waals surface area contributed by atoms with Gasteiger partial charge in [0.05, 0.1) is 7.11 Å². The number of nitrogen functional groups attached to an aromatic ring is 1. The van der Waals surface area contributed by atoms with Gasteiger partial charge in [-0.15, -0.1) is 0 Å². The molecule has 0 aromatic heterocycles. The number of hydrogen-bond acceptors (Lipinski definition) is 5. The molecule has 1 amide bonds. The van der Waals surface area contributed by atoms with Crippen molar-refractivity contribution >= 4 is 17.6 Å².